The lowest BCUT2D eigenvalue weighted by molar-refractivity contribution is -0.135. The Balaban J connectivity index is 1.40. The average molecular weight is 346 g/mol. The van der Waals surface area contributed by atoms with Crippen LogP contribution in [-0.4, -0.2) is 15.8 Å². The molecule has 1 aliphatic heterocycles. The molecule has 2 aromatic rings. The number of nitrogens with zero attached hydrogens (tertiary/aromatic N) is 2. The summed E-state index contributed by atoms with van der Waals surface area (Å²) in [5.41, 5.74) is 3.61. The summed E-state index contributed by atoms with van der Waals surface area (Å²) in [5.74, 6) is 0.937. The summed E-state index contributed by atoms with van der Waals surface area (Å²) in [4.78, 5) is 19.7. The smallest absolute Gasteiger partial charge is 0.230 e. The van der Waals surface area contributed by atoms with Crippen LogP contribution in [0.15, 0.2) is 60.9 Å². The van der Waals surface area contributed by atoms with Crippen molar-refractivity contribution in [3.05, 3.63) is 77.8 Å². The number of aryl methyl sites for hydroxylation is 1. The molecule has 1 aromatic carbocycles. The molecule has 2 aliphatic rings. The number of carbonyl (C=O) groups excluding carboxylic acids is 1. The van der Waals surface area contributed by atoms with E-state index in [4.69, 9.17) is 0 Å². The van der Waals surface area contributed by atoms with Crippen LogP contribution in [-0.2, 0) is 4.79 Å². The van der Waals surface area contributed by atoms with Crippen molar-refractivity contribution in [1.29, 1.82) is 0 Å². The molecule has 0 saturated heterocycles. The van der Waals surface area contributed by atoms with Crippen molar-refractivity contribution in [3.8, 4) is 0 Å². The quantitative estimate of drug-likeness (QED) is 0.770. The molecule has 0 spiro atoms. The Morgan fingerprint density at radius 1 is 1.04 bits per heavy atom. The van der Waals surface area contributed by atoms with Gasteiger partial charge >= 0.3 is 0 Å². The molecular formula is C23H26N2O. The molecule has 2 heterocycles. The molecule has 1 unspecified atom stereocenters. The molecule has 3 heteroatoms. The number of carbonyl (C=O) groups is 1. The van der Waals surface area contributed by atoms with E-state index >= 15 is 0 Å². The third-order valence-corrected chi connectivity index (χ3v) is 5.83. The van der Waals surface area contributed by atoms with Crippen LogP contribution in [0, 0.1) is 12.8 Å². The number of rotatable bonds is 3. The van der Waals surface area contributed by atoms with Crippen molar-refractivity contribution in [2.24, 2.45) is 5.92 Å². The third kappa shape index (κ3) is 3.44. The second-order valence-electron chi connectivity index (χ2n) is 7.60. The lowest BCUT2D eigenvalue weighted by Gasteiger charge is -2.32. The van der Waals surface area contributed by atoms with E-state index in [1.165, 1.54) is 16.8 Å². The van der Waals surface area contributed by atoms with E-state index in [1.807, 2.05) is 23.4 Å². The molecule has 0 bridgehead atoms. The van der Waals surface area contributed by atoms with Gasteiger partial charge in [-0.1, -0.05) is 42.5 Å². The van der Waals surface area contributed by atoms with Crippen LogP contribution < -0.4 is 0 Å². The van der Waals surface area contributed by atoms with Gasteiger partial charge in [0.25, 0.3) is 0 Å². The van der Waals surface area contributed by atoms with Crippen LogP contribution in [0.4, 0.5) is 0 Å². The second kappa shape index (κ2) is 7.45. The molecule has 0 radical (unpaired) electrons. The Labute approximate surface area is 155 Å². The zero-order valence-electron chi connectivity index (χ0n) is 15.3. The lowest BCUT2D eigenvalue weighted by Crippen LogP contribution is -2.34. The number of pyridine rings is 1. The Hall–Kier alpha value is -2.42. The molecule has 1 aromatic heterocycles. The Bertz CT molecular complexity index is 774. The third-order valence-electron chi connectivity index (χ3n) is 5.83. The lowest BCUT2D eigenvalue weighted by atomic mass is 9.79. The van der Waals surface area contributed by atoms with Crippen molar-refractivity contribution >= 4 is 5.91 Å². The minimum absolute atomic E-state index is 0.144. The van der Waals surface area contributed by atoms with Crippen LogP contribution >= 0.6 is 0 Å². The SMILES string of the molecule is Cc1ccc(C2CCC(C(=O)N3C=CCC3c3ccccc3)CC2)nc1. The fourth-order valence-electron chi connectivity index (χ4n) is 4.29. The summed E-state index contributed by atoms with van der Waals surface area (Å²) in [6.45, 7) is 2.07. The maximum absolute atomic E-state index is 13.1. The van der Waals surface area contributed by atoms with Crippen LogP contribution in [0.3, 0.4) is 0 Å². The maximum Gasteiger partial charge on any atom is 0.230 e. The molecule has 134 valence electrons. The molecule has 3 nitrogen and oxygen atoms in total. The van der Waals surface area contributed by atoms with Gasteiger partial charge in [-0.25, -0.2) is 0 Å². The maximum atomic E-state index is 13.1. The largest absolute Gasteiger partial charge is 0.311 e. The first-order valence-corrected chi connectivity index (χ1v) is 9.68. The van der Waals surface area contributed by atoms with E-state index in [9.17, 15) is 4.79 Å². The van der Waals surface area contributed by atoms with E-state index in [0.29, 0.717) is 11.8 Å². The first kappa shape index (κ1) is 17.0. The highest BCUT2D eigenvalue weighted by atomic mass is 16.2. The zero-order valence-corrected chi connectivity index (χ0v) is 15.3. The highest BCUT2D eigenvalue weighted by Gasteiger charge is 2.34. The fourth-order valence-corrected chi connectivity index (χ4v) is 4.29. The minimum Gasteiger partial charge on any atom is -0.311 e. The van der Waals surface area contributed by atoms with Crippen LogP contribution in [0.5, 0.6) is 0 Å². The summed E-state index contributed by atoms with van der Waals surface area (Å²) < 4.78 is 0. The first-order valence-electron chi connectivity index (χ1n) is 9.68. The Morgan fingerprint density at radius 3 is 2.50 bits per heavy atom. The summed E-state index contributed by atoms with van der Waals surface area (Å²) in [7, 11) is 0. The Kier molecular flexibility index (Phi) is 4.87. The van der Waals surface area contributed by atoms with Crippen molar-refractivity contribution in [2.45, 2.75) is 51.0 Å². The molecule has 1 saturated carbocycles. The molecule has 1 amide bonds. The summed E-state index contributed by atoms with van der Waals surface area (Å²) in [6, 6.07) is 14.8. The topological polar surface area (TPSA) is 33.2 Å². The van der Waals surface area contributed by atoms with Gasteiger partial charge in [-0.2, -0.15) is 0 Å². The average Bonchev–Trinajstić information content (AvgIpc) is 3.19. The molecular weight excluding hydrogens is 320 g/mol. The normalized spacial score (nSPS) is 25.4. The fraction of sp³-hybridized carbons (Fsp3) is 0.391. The van der Waals surface area contributed by atoms with Gasteiger partial charge in [0.2, 0.25) is 5.91 Å². The predicted molar refractivity (Wildman–Crippen MR) is 103 cm³/mol. The van der Waals surface area contributed by atoms with Crippen molar-refractivity contribution in [3.63, 3.8) is 0 Å². The van der Waals surface area contributed by atoms with E-state index in [-0.39, 0.29) is 12.0 Å². The molecule has 4 rings (SSSR count). The summed E-state index contributed by atoms with van der Waals surface area (Å²) in [5, 5.41) is 0. The highest BCUT2D eigenvalue weighted by molar-refractivity contribution is 5.81. The summed E-state index contributed by atoms with van der Waals surface area (Å²) in [6.07, 6.45) is 11.0. The van der Waals surface area contributed by atoms with E-state index in [1.54, 1.807) is 0 Å². The number of hydrogen-bond acceptors (Lipinski definition) is 2. The number of amides is 1. The standard InChI is InChI=1S/C23H26N2O/c1-17-9-14-21(24-16-17)18-10-12-20(13-11-18)23(26)25-15-5-8-22(25)19-6-3-2-4-7-19/h2-7,9,14-16,18,20,22H,8,10-13H2,1H3. The Morgan fingerprint density at radius 2 is 1.81 bits per heavy atom. The van der Waals surface area contributed by atoms with Crippen molar-refractivity contribution in [1.82, 2.24) is 9.88 Å². The predicted octanol–water partition coefficient (Wildman–Crippen LogP) is 5.15. The van der Waals surface area contributed by atoms with Gasteiger partial charge in [-0.3, -0.25) is 9.78 Å². The highest BCUT2D eigenvalue weighted by Crippen LogP contribution is 2.38. The molecule has 1 fully saturated rings. The van der Waals surface area contributed by atoms with E-state index < -0.39 is 0 Å². The van der Waals surface area contributed by atoms with Gasteiger partial charge in [0.05, 0.1) is 6.04 Å². The van der Waals surface area contributed by atoms with E-state index in [2.05, 4.69) is 54.4 Å². The first-order chi connectivity index (χ1) is 12.7. The zero-order chi connectivity index (χ0) is 17.9. The minimum atomic E-state index is 0.144. The van der Waals surface area contributed by atoms with Crippen LogP contribution in [0.2, 0.25) is 0 Å². The van der Waals surface area contributed by atoms with Crippen LogP contribution in [0.1, 0.15) is 60.9 Å². The molecule has 1 atom stereocenters. The van der Waals surface area contributed by atoms with Crippen LogP contribution in [0.25, 0.3) is 0 Å². The van der Waals surface area contributed by atoms with Gasteiger partial charge in [0, 0.05) is 29.9 Å². The summed E-state index contributed by atoms with van der Waals surface area (Å²) >= 11 is 0. The number of hydrogen-bond donors (Lipinski definition) is 0. The second-order valence-corrected chi connectivity index (χ2v) is 7.60. The van der Waals surface area contributed by atoms with Gasteiger partial charge in [-0.15, -0.1) is 0 Å². The van der Waals surface area contributed by atoms with Gasteiger partial charge in [0.15, 0.2) is 0 Å². The van der Waals surface area contributed by atoms with Gasteiger partial charge in [0.1, 0.15) is 0 Å². The van der Waals surface area contributed by atoms with Gasteiger partial charge in [-0.05, 0) is 56.2 Å². The van der Waals surface area contributed by atoms with Gasteiger partial charge < -0.3 is 4.90 Å². The molecule has 0 N–H and O–H groups in total. The number of aromatic nitrogens is 1. The van der Waals surface area contributed by atoms with Crippen molar-refractivity contribution < 1.29 is 4.79 Å². The van der Waals surface area contributed by atoms with Crippen molar-refractivity contribution in [2.75, 3.05) is 0 Å². The molecule has 26 heavy (non-hydrogen) atoms. The number of benzene rings is 1. The van der Waals surface area contributed by atoms with E-state index in [0.717, 1.165) is 32.1 Å². The molecule has 1 aliphatic carbocycles. The monoisotopic (exact) mass is 346 g/mol.